The Kier molecular flexibility index (Phi) is 2.54. The first-order valence-electron chi connectivity index (χ1n) is 3.78. The topological polar surface area (TPSA) is 36.1 Å². The maximum absolute atomic E-state index is 3.20. The average Bonchev–Trinajstić information content (AvgIpc) is 2.45. The SMILES string of the molecule is CNC1=CC=C(NC)C1NC. The highest BCUT2D eigenvalue weighted by Crippen LogP contribution is 2.13. The van der Waals surface area contributed by atoms with Crippen molar-refractivity contribution in [1.29, 1.82) is 0 Å². The quantitative estimate of drug-likeness (QED) is 0.525. The summed E-state index contributed by atoms with van der Waals surface area (Å²) in [5, 5.41) is 9.48. The standard InChI is InChI=1S/C8H15N3/c1-9-6-4-5-7(10-2)8(6)11-3/h4-5,8-11H,1-3H3. The molecular formula is C8H15N3. The maximum Gasteiger partial charge on any atom is 0.0871 e. The second kappa shape index (κ2) is 3.44. The highest BCUT2D eigenvalue weighted by Gasteiger charge is 2.18. The molecule has 0 unspecified atom stereocenters. The molecule has 0 fully saturated rings. The number of hydrogen-bond acceptors (Lipinski definition) is 3. The van der Waals surface area contributed by atoms with E-state index in [9.17, 15) is 0 Å². The highest BCUT2D eigenvalue weighted by atomic mass is 15.0. The van der Waals surface area contributed by atoms with E-state index in [0.717, 1.165) is 0 Å². The molecule has 0 aliphatic heterocycles. The van der Waals surface area contributed by atoms with Crippen LogP contribution in [0.4, 0.5) is 0 Å². The average molecular weight is 153 g/mol. The van der Waals surface area contributed by atoms with E-state index in [-0.39, 0.29) is 0 Å². The van der Waals surface area contributed by atoms with Crippen LogP contribution in [-0.4, -0.2) is 27.2 Å². The number of likely N-dealkylation sites (N-methyl/N-ethyl adjacent to an activating group) is 3. The van der Waals surface area contributed by atoms with Crippen molar-refractivity contribution in [2.24, 2.45) is 0 Å². The molecular weight excluding hydrogens is 138 g/mol. The van der Waals surface area contributed by atoms with Gasteiger partial charge in [0, 0.05) is 25.5 Å². The van der Waals surface area contributed by atoms with Crippen LogP contribution in [0, 0.1) is 0 Å². The zero-order valence-corrected chi connectivity index (χ0v) is 7.23. The number of nitrogens with one attached hydrogen (secondary N) is 3. The summed E-state index contributed by atoms with van der Waals surface area (Å²) < 4.78 is 0. The third-order valence-corrected chi connectivity index (χ3v) is 1.93. The molecule has 1 aliphatic carbocycles. The Morgan fingerprint density at radius 3 is 1.73 bits per heavy atom. The molecule has 0 atom stereocenters. The van der Waals surface area contributed by atoms with Gasteiger partial charge in [-0.1, -0.05) is 0 Å². The molecule has 1 rings (SSSR count). The van der Waals surface area contributed by atoms with Crippen molar-refractivity contribution in [3.8, 4) is 0 Å². The molecule has 1 aliphatic rings. The Morgan fingerprint density at radius 2 is 1.45 bits per heavy atom. The van der Waals surface area contributed by atoms with E-state index in [1.165, 1.54) is 11.4 Å². The number of hydrogen-bond donors (Lipinski definition) is 3. The minimum Gasteiger partial charge on any atom is -0.390 e. The zero-order chi connectivity index (χ0) is 8.27. The van der Waals surface area contributed by atoms with Gasteiger partial charge in [0.1, 0.15) is 0 Å². The summed E-state index contributed by atoms with van der Waals surface area (Å²) in [5.41, 5.74) is 2.41. The maximum atomic E-state index is 3.20. The van der Waals surface area contributed by atoms with Gasteiger partial charge in [-0.15, -0.1) is 0 Å². The van der Waals surface area contributed by atoms with Gasteiger partial charge in [-0.25, -0.2) is 0 Å². The van der Waals surface area contributed by atoms with Gasteiger partial charge in [0.2, 0.25) is 0 Å². The van der Waals surface area contributed by atoms with Crippen molar-refractivity contribution in [1.82, 2.24) is 16.0 Å². The number of rotatable bonds is 3. The van der Waals surface area contributed by atoms with E-state index in [2.05, 4.69) is 28.1 Å². The monoisotopic (exact) mass is 153 g/mol. The molecule has 0 saturated carbocycles. The van der Waals surface area contributed by atoms with Crippen molar-refractivity contribution in [2.45, 2.75) is 6.04 Å². The first kappa shape index (κ1) is 8.14. The molecule has 11 heavy (non-hydrogen) atoms. The van der Waals surface area contributed by atoms with Crippen molar-refractivity contribution >= 4 is 0 Å². The lowest BCUT2D eigenvalue weighted by atomic mass is 10.2. The Hall–Kier alpha value is -0.960. The van der Waals surface area contributed by atoms with Crippen LogP contribution in [0.1, 0.15) is 0 Å². The molecule has 0 saturated heterocycles. The van der Waals surface area contributed by atoms with Crippen molar-refractivity contribution in [2.75, 3.05) is 21.1 Å². The van der Waals surface area contributed by atoms with E-state index in [1.807, 2.05) is 21.1 Å². The van der Waals surface area contributed by atoms with Gasteiger partial charge < -0.3 is 16.0 Å². The molecule has 3 nitrogen and oxygen atoms in total. The Balaban J connectivity index is 2.67. The summed E-state index contributed by atoms with van der Waals surface area (Å²) in [7, 11) is 5.82. The Morgan fingerprint density at radius 1 is 1.00 bits per heavy atom. The van der Waals surface area contributed by atoms with Gasteiger partial charge in [0.25, 0.3) is 0 Å². The largest absolute Gasteiger partial charge is 0.390 e. The normalized spacial score (nSPS) is 17.7. The minimum atomic E-state index is 0.310. The van der Waals surface area contributed by atoms with Gasteiger partial charge in [-0.3, -0.25) is 0 Å². The van der Waals surface area contributed by atoms with Crippen molar-refractivity contribution in [3.05, 3.63) is 23.5 Å². The highest BCUT2D eigenvalue weighted by molar-refractivity contribution is 5.36. The molecule has 0 spiro atoms. The molecule has 0 aromatic rings. The molecule has 0 aromatic carbocycles. The third kappa shape index (κ3) is 1.38. The van der Waals surface area contributed by atoms with Crippen molar-refractivity contribution in [3.63, 3.8) is 0 Å². The molecule has 0 amide bonds. The fourth-order valence-corrected chi connectivity index (χ4v) is 1.31. The molecule has 0 bridgehead atoms. The van der Waals surface area contributed by atoms with Crippen LogP contribution in [0.3, 0.4) is 0 Å². The fourth-order valence-electron chi connectivity index (χ4n) is 1.31. The van der Waals surface area contributed by atoms with E-state index in [4.69, 9.17) is 0 Å². The molecule has 0 heterocycles. The van der Waals surface area contributed by atoms with E-state index in [1.54, 1.807) is 0 Å². The smallest absolute Gasteiger partial charge is 0.0871 e. The first-order valence-corrected chi connectivity index (χ1v) is 3.78. The van der Waals surface area contributed by atoms with Gasteiger partial charge in [-0.05, 0) is 19.2 Å². The summed E-state index contributed by atoms with van der Waals surface area (Å²) >= 11 is 0. The minimum absolute atomic E-state index is 0.310. The summed E-state index contributed by atoms with van der Waals surface area (Å²) in [6.07, 6.45) is 4.15. The van der Waals surface area contributed by atoms with E-state index in [0.29, 0.717) is 6.04 Å². The van der Waals surface area contributed by atoms with Gasteiger partial charge in [0.05, 0.1) is 6.04 Å². The molecule has 3 heteroatoms. The lowest BCUT2D eigenvalue weighted by Crippen LogP contribution is -2.36. The van der Waals surface area contributed by atoms with Crippen LogP contribution < -0.4 is 16.0 Å². The molecule has 62 valence electrons. The summed E-state index contributed by atoms with van der Waals surface area (Å²) in [4.78, 5) is 0. The van der Waals surface area contributed by atoms with Crippen LogP contribution in [0.25, 0.3) is 0 Å². The summed E-state index contributed by atoms with van der Waals surface area (Å²) in [6.45, 7) is 0. The lowest BCUT2D eigenvalue weighted by molar-refractivity contribution is 0.652. The molecule has 0 radical (unpaired) electrons. The summed E-state index contributed by atoms with van der Waals surface area (Å²) in [5.74, 6) is 0. The van der Waals surface area contributed by atoms with Crippen LogP contribution in [0.15, 0.2) is 23.5 Å². The Bertz CT molecular complexity index is 174. The second-order valence-corrected chi connectivity index (χ2v) is 2.47. The van der Waals surface area contributed by atoms with E-state index >= 15 is 0 Å². The van der Waals surface area contributed by atoms with Gasteiger partial charge in [0.15, 0.2) is 0 Å². The lowest BCUT2D eigenvalue weighted by Gasteiger charge is -2.17. The first-order chi connectivity index (χ1) is 5.33. The van der Waals surface area contributed by atoms with Gasteiger partial charge in [-0.2, -0.15) is 0 Å². The van der Waals surface area contributed by atoms with Crippen LogP contribution in [0.2, 0.25) is 0 Å². The van der Waals surface area contributed by atoms with Crippen LogP contribution in [-0.2, 0) is 0 Å². The molecule has 0 aromatic heterocycles. The predicted molar refractivity (Wildman–Crippen MR) is 47.1 cm³/mol. The number of allylic oxidation sites excluding steroid dienone is 2. The third-order valence-electron chi connectivity index (χ3n) is 1.93. The predicted octanol–water partition coefficient (Wildman–Crippen LogP) is -0.205. The summed E-state index contributed by atoms with van der Waals surface area (Å²) in [6, 6.07) is 0.310. The molecule has 3 N–H and O–H groups in total. The Labute approximate surface area is 67.6 Å². The van der Waals surface area contributed by atoms with Crippen molar-refractivity contribution < 1.29 is 0 Å². The fraction of sp³-hybridized carbons (Fsp3) is 0.500. The van der Waals surface area contributed by atoms with Crippen LogP contribution in [0.5, 0.6) is 0 Å². The van der Waals surface area contributed by atoms with E-state index < -0.39 is 0 Å². The zero-order valence-electron chi connectivity index (χ0n) is 7.23. The van der Waals surface area contributed by atoms with Gasteiger partial charge >= 0.3 is 0 Å². The van der Waals surface area contributed by atoms with Crippen LogP contribution >= 0.6 is 0 Å². The second-order valence-electron chi connectivity index (χ2n) is 2.47.